The highest BCUT2D eigenvalue weighted by Crippen LogP contribution is 2.17. The molecule has 2 heterocycles. The van der Waals surface area contributed by atoms with Gasteiger partial charge in [0.15, 0.2) is 0 Å². The molecule has 1 fully saturated rings. The average Bonchev–Trinajstić information content (AvgIpc) is 2.88. The van der Waals surface area contributed by atoms with E-state index in [0.717, 1.165) is 31.9 Å². The Labute approximate surface area is 113 Å². The number of hydrogen-bond acceptors (Lipinski definition) is 3. The maximum atomic E-state index is 4.40. The summed E-state index contributed by atoms with van der Waals surface area (Å²) in [5.41, 5.74) is 3.38. The molecule has 0 bridgehead atoms. The highest BCUT2D eigenvalue weighted by atomic mass is 15.2. The first-order chi connectivity index (χ1) is 9.31. The Morgan fingerprint density at radius 3 is 2.95 bits per heavy atom. The first-order valence-corrected chi connectivity index (χ1v) is 6.87. The number of H-pyrrole nitrogens is 1. The molecule has 4 nitrogen and oxygen atoms in total. The van der Waals surface area contributed by atoms with E-state index in [4.69, 9.17) is 0 Å². The summed E-state index contributed by atoms with van der Waals surface area (Å²) < 4.78 is 0. The van der Waals surface area contributed by atoms with Crippen LogP contribution in [0.2, 0.25) is 0 Å². The molecular weight excluding hydrogens is 236 g/mol. The summed E-state index contributed by atoms with van der Waals surface area (Å²) >= 11 is 0. The average molecular weight is 256 g/mol. The second-order valence-corrected chi connectivity index (χ2v) is 5.23. The number of rotatable bonds is 3. The third-order valence-electron chi connectivity index (χ3n) is 3.55. The summed E-state index contributed by atoms with van der Waals surface area (Å²) in [5.74, 6) is 0. The summed E-state index contributed by atoms with van der Waals surface area (Å²) in [6.07, 6.45) is 0. The van der Waals surface area contributed by atoms with Crippen LogP contribution in [0.3, 0.4) is 0 Å². The lowest BCUT2D eigenvalue weighted by Crippen LogP contribution is -2.48. The second kappa shape index (κ2) is 5.55. The van der Waals surface area contributed by atoms with Crippen LogP contribution in [0.4, 0.5) is 0 Å². The van der Waals surface area contributed by atoms with Crippen LogP contribution in [-0.2, 0) is 6.54 Å². The SMILES string of the molecule is C[C@@H]1CN(Cc2cc(-c3ccccc3)n[nH]2)CCN1. The van der Waals surface area contributed by atoms with Crippen LogP contribution >= 0.6 is 0 Å². The number of piperazine rings is 1. The number of nitrogens with one attached hydrogen (secondary N) is 2. The molecule has 1 aromatic heterocycles. The minimum Gasteiger partial charge on any atom is -0.312 e. The number of aromatic nitrogens is 2. The van der Waals surface area contributed by atoms with E-state index in [-0.39, 0.29) is 0 Å². The molecule has 4 heteroatoms. The number of aromatic amines is 1. The van der Waals surface area contributed by atoms with Crippen molar-refractivity contribution >= 4 is 0 Å². The van der Waals surface area contributed by atoms with Crippen molar-refractivity contribution in [1.82, 2.24) is 20.4 Å². The Morgan fingerprint density at radius 2 is 2.16 bits per heavy atom. The van der Waals surface area contributed by atoms with Gasteiger partial charge in [-0.25, -0.2) is 0 Å². The van der Waals surface area contributed by atoms with Crippen molar-refractivity contribution in [2.75, 3.05) is 19.6 Å². The normalized spacial score (nSPS) is 20.6. The third-order valence-corrected chi connectivity index (χ3v) is 3.55. The molecule has 0 saturated carbocycles. The Hall–Kier alpha value is -1.65. The summed E-state index contributed by atoms with van der Waals surface area (Å²) in [4.78, 5) is 2.46. The molecule has 3 rings (SSSR count). The molecule has 0 unspecified atom stereocenters. The smallest absolute Gasteiger partial charge is 0.0924 e. The van der Waals surface area contributed by atoms with Gasteiger partial charge in [0.2, 0.25) is 0 Å². The lowest BCUT2D eigenvalue weighted by molar-refractivity contribution is 0.197. The van der Waals surface area contributed by atoms with Gasteiger partial charge in [-0.2, -0.15) is 5.10 Å². The molecule has 0 aliphatic carbocycles. The molecule has 2 aromatic rings. The zero-order chi connectivity index (χ0) is 13.1. The second-order valence-electron chi connectivity index (χ2n) is 5.23. The molecule has 19 heavy (non-hydrogen) atoms. The zero-order valence-electron chi connectivity index (χ0n) is 11.3. The molecule has 0 radical (unpaired) electrons. The van der Waals surface area contributed by atoms with Gasteiger partial charge < -0.3 is 5.32 Å². The van der Waals surface area contributed by atoms with Crippen molar-refractivity contribution in [2.24, 2.45) is 0 Å². The van der Waals surface area contributed by atoms with E-state index in [0.29, 0.717) is 6.04 Å². The van der Waals surface area contributed by atoms with Gasteiger partial charge >= 0.3 is 0 Å². The fourth-order valence-electron chi connectivity index (χ4n) is 2.60. The molecule has 1 aromatic carbocycles. The number of nitrogens with zero attached hydrogens (tertiary/aromatic N) is 2. The van der Waals surface area contributed by atoms with Crippen molar-refractivity contribution in [3.8, 4) is 11.3 Å². The highest BCUT2D eigenvalue weighted by Gasteiger charge is 2.16. The number of hydrogen-bond donors (Lipinski definition) is 2. The molecule has 2 N–H and O–H groups in total. The van der Waals surface area contributed by atoms with Gasteiger partial charge in [0.25, 0.3) is 0 Å². The van der Waals surface area contributed by atoms with Crippen LogP contribution < -0.4 is 5.32 Å². The Kier molecular flexibility index (Phi) is 3.62. The minimum atomic E-state index is 0.574. The minimum absolute atomic E-state index is 0.574. The van der Waals surface area contributed by atoms with Crippen LogP contribution in [0.25, 0.3) is 11.3 Å². The van der Waals surface area contributed by atoms with E-state index in [1.807, 2.05) is 18.2 Å². The van der Waals surface area contributed by atoms with Crippen LogP contribution in [-0.4, -0.2) is 40.8 Å². The van der Waals surface area contributed by atoms with Gasteiger partial charge in [0, 0.05) is 43.5 Å². The monoisotopic (exact) mass is 256 g/mol. The van der Waals surface area contributed by atoms with Crippen molar-refractivity contribution < 1.29 is 0 Å². The molecule has 0 spiro atoms. The van der Waals surface area contributed by atoms with Gasteiger partial charge in [-0.3, -0.25) is 10.00 Å². The van der Waals surface area contributed by atoms with Gasteiger partial charge in [-0.05, 0) is 13.0 Å². The molecular formula is C15H20N4. The van der Waals surface area contributed by atoms with E-state index in [9.17, 15) is 0 Å². The van der Waals surface area contributed by atoms with E-state index in [1.165, 1.54) is 11.3 Å². The van der Waals surface area contributed by atoms with Crippen molar-refractivity contribution in [3.05, 3.63) is 42.1 Å². The van der Waals surface area contributed by atoms with E-state index in [2.05, 4.69) is 45.5 Å². The molecule has 1 saturated heterocycles. The van der Waals surface area contributed by atoms with Gasteiger partial charge in [-0.15, -0.1) is 0 Å². The Balaban J connectivity index is 1.68. The first kappa shape index (κ1) is 12.4. The van der Waals surface area contributed by atoms with E-state index >= 15 is 0 Å². The lowest BCUT2D eigenvalue weighted by Gasteiger charge is -2.31. The van der Waals surface area contributed by atoms with Gasteiger partial charge in [0.1, 0.15) is 0 Å². The van der Waals surface area contributed by atoms with Crippen molar-refractivity contribution in [2.45, 2.75) is 19.5 Å². The lowest BCUT2D eigenvalue weighted by atomic mass is 10.1. The predicted octanol–water partition coefficient (Wildman–Crippen LogP) is 1.87. The number of benzene rings is 1. The predicted molar refractivity (Wildman–Crippen MR) is 76.8 cm³/mol. The summed E-state index contributed by atoms with van der Waals surface area (Å²) in [7, 11) is 0. The summed E-state index contributed by atoms with van der Waals surface area (Å²) in [6.45, 7) is 6.45. The Bertz CT molecular complexity index is 520. The first-order valence-electron chi connectivity index (χ1n) is 6.87. The maximum Gasteiger partial charge on any atom is 0.0924 e. The van der Waals surface area contributed by atoms with Crippen molar-refractivity contribution in [1.29, 1.82) is 0 Å². The zero-order valence-corrected chi connectivity index (χ0v) is 11.3. The summed E-state index contributed by atoms with van der Waals surface area (Å²) in [5, 5.41) is 11.0. The topological polar surface area (TPSA) is 44.0 Å². The molecule has 0 amide bonds. The van der Waals surface area contributed by atoms with Gasteiger partial charge in [0.05, 0.1) is 5.69 Å². The molecule has 100 valence electrons. The van der Waals surface area contributed by atoms with Crippen molar-refractivity contribution in [3.63, 3.8) is 0 Å². The molecule has 1 atom stereocenters. The van der Waals surface area contributed by atoms with Crippen LogP contribution in [0, 0.1) is 0 Å². The fourth-order valence-corrected chi connectivity index (χ4v) is 2.60. The van der Waals surface area contributed by atoms with Gasteiger partial charge in [-0.1, -0.05) is 30.3 Å². The van der Waals surface area contributed by atoms with E-state index < -0.39 is 0 Å². The quantitative estimate of drug-likeness (QED) is 0.881. The maximum absolute atomic E-state index is 4.40. The molecule has 1 aliphatic heterocycles. The summed E-state index contributed by atoms with van der Waals surface area (Å²) in [6, 6.07) is 13.0. The third kappa shape index (κ3) is 3.03. The standard InChI is InChI=1S/C15H20N4/c1-12-10-19(8-7-16-12)11-14-9-15(18-17-14)13-5-3-2-4-6-13/h2-6,9,12,16H,7-8,10-11H2,1H3,(H,17,18)/t12-/m1/s1. The van der Waals surface area contributed by atoms with Crippen LogP contribution in [0.5, 0.6) is 0 Å². The largest absolute Gasteiger partial charge is 0.312 e. The van der Waals surface area contributed by atoms with Crippen LogP contribution in [0.1, 0.15) is 12.6 Å². The fraction of sp³-hybridized carbons (Fsp3) is 0.400. The highest BCUT2D eigenvalue weighted by molar-refractivity contribution is 5.58. The molecule has 1 aliphatic rings. The van der Waals surface area contributed by atoms with E-state index in [1.54, 1.807) is 0 Å². The van der Waals surface area contributed by atoms with Crippen LogP contribution in [0.15, 0.2) is 36.4 Å². The Morgan fingerprint density at radius 1 is 1.32 bits per heavy atom.